The van der Waals surface area contributed by atoms with E-state index >= 15 is 0 Å². The van der Waals surface area contributed by atoms with E-state index in [0.717, 1.165) is 27.9 Å². The molecule has 0 saturated heterocycles. The molecule has 0 radical (unpaired) electrons. The third-order valence-corrected chi connectivity index (χ3v) is 7.72. The number of hydrogen-bond donors (Lipinski definition) is 2. The smallest absolute Gasteiger partial charge is 0.242 e. The highest BCUT2D eigenvalue weighted by Crippen LogP contribution is 2.28. The highest BCUT2D eigenvalue weighted by atomic mass is 32.2. The van der Waals surface area contributed by atoms with Gasteiger partial charge in [0.15, 0.2) is 0 Å². The van der Waals surface area contributed by atoms with Gasteiger partial charge in [-0.05, 0) is 67.9 Å². The minimum Gasteiger partial charge on any atom is -0.324 e. The van der Waals surface area contributed by atoms with Gasteiger partial charge in [-0.15, -0.1) is 0 Å². The van der Waals surface area contributed by atoms with Crippen LogP contribution in [-0.2, 0) is 21.2 Å². The SMILES string of the molecule is Cc1cc(C)c(S(=O)(=O)NC(Cc2ccccc2)C(=O)Nc2c(C)cccc2C(C)C)c(C)c1. The molecule has 3 aromatic carbocycles. The van der Waals surface area contributed by atoms with Crippen molar-refractivity contribution < 1.29 is 13.2 Å². The lowest BCUT2D eigenvalue weighted by atomic mass is 9.97. The van der Waals surface area contributed by atoms with Crippen molar-refractivity contribution >= 4 is 21.6 Å². The van der Waals surface area contributed by atoms with Gasteiger partial charge in [-0.3, -0.25) is 4.79 Å². The van der Waals surface area contributed by atoms with Crippen LogP contribution in [0.15, 0.2) is 65.6 Å². The Labute approximate surface area is 203 Å². The predicted molar refractivity (Wildman–Crippen MR) is 139 cm³/mol. The number of amides is 1. The molecule has 0 aliphatic heterocycles. The van der Waals surface area contributed by atoms with Crippen molar-refractivity contribution in [2.75, 3.05) is 5.32 Å². The van der Waals surface area contributed by atoms with Gasteiger partial charge < -0.3 is 5.32 Å². The molecule has 3 aromatic rings. The Morgan fingerprint density at radius 2 is 1.47 bits per heavy atom. The average Bonchev–Trinajstić information content (AvgIpc) is 2.74. The fourth-order valence-electron chi connectivity index (χ4n) is 4.43. The van der Waals surface area contributed by atoms with Gasteiger partial charge in [-0.25, -0.2) is 8.42 Å². The lowest BCUT2D eigenvalue weighted by Crippen LogP contribution is -2.45. The van der Waals surface area contributed by atoms with Crippen LogP contribution in [0, 0.1) is 27.7 Å². The summed E-state index contributed by atoms with van der Waals surface area (Å²) in [4.78, 5) is 13.8. The van der Waals surface area contributed by atoms with Crippen molar-refractivity contribution in [2.45, 2.75) is 64.8 Å². The van der Waals surface area contributed by atoms with E-state index in [-0.39, 0.29) is 23.1 Å². The van der Waals surface area contributed by atoms with Gasteiger partial charge >= 0.3 is 0 Å². The topological polar surface area (TPSA) is 75.3 Å². The Hall–Kier alpha value is -2.96. The minimum atomic E-state index is -3.94. The van der Waals surface area contributed by atoms with Crippen LogP contribution in [-0.4, -0.2) is 20.4 Å². The molecule has 0 saturated carbocycles. The highest BCUT2D eigenvalue weighted by Gasteiger charge is 2.29. The zero-order chi connectivity index (χ0) is 25.0. The van der Waals surface area contributed by atoms with E-state index in [1.807, 2.05) is 74.5 Å². The number of carbonyl (C=O) groups excluding carboxylic acids is 1. The number of aryl methyl sites for hydroxylation is 4. The van der Waals surface area contributed by atoms with Crippen LogP contribution < -0.4 is 10.0 Å². The van der Waals surface area contributed by atoms with Crippen LogP contribution >= 0.6 is 0 Å². The second-order valence-corrected chi connectivity index (χ2v) is 10.9. The number of carbonyl (C=O) groups is 1. The third-order valence-electron chi connectivity index (χ3n) is 5.95. The van der Waals surface area contributed by atoms with E-state index in [0.29, 0.717) is 11.1 Å². The Kier molecular flexibility index (Phi) is 7.95. The number of hydrogen-bond acceptors (Lipinski definition) is 3. The molecule has 0 aliphatic rings. The molecule has 0 aromatic heterocycles. The first kappa shape index (κ1) is 25.7. The number of benzene rings is 3. The summed E-state index contributed by atoms with van der Waals surface area (Å²) in [7, 11) is -3.94. The lowest BCUT2D eigenvalue weighted by Gasteiger charge is -2.23. The van der Waals surface area contributed by atoms with Gasteiger partial charge in [0.2, 0.25) is 15.9 Å². The maximum Gasteiger partial charge on any atom is 0.242 e. The molecular weight excluding hydrogens is 444 g/mol. The zero-order valence-electron chi connectivity index (χ0n) is 20.8. The molecule has 0 spiro atoms. The number of para-hydroxylation sites is 1. The largest absolute Gasteiger partial charge is 0.324 e. The molecule has 0 fully saturated rings. The molecule has 1 amide bonds. The van der Waals surface area contributed by atoms with E-state index in [1.165, 1.54) is 0 Å². The van der Waals surface area contributed by atoms with Gasteiger partial charge in [-0.1, -0.05) is 80.1 Å². The monoisotopic (exact) mass is 478 g/mol. The average molecular weight is 479 g/mol. The molecule has 1 unspecified atom stereocenters. The van der Waals surface area contributed by atoms with Crippen molar-refractivity contribution in [2.24, 2.45) is 0 Å². The van der Waals surface area contributed by atoms with Crippen molar-refractivity contribution in [3.8, 4) is 0 Å². The van der Waals surface area contributed by atoms with Crippen LogP contribution in [0.3, 0.4) is 0 Å². The summed E-state index contributed by atoms with van der Waals surface area (Å²) in [6, 6.07) is 18.0. The van der Waals surface area contributed by atoms with E-state index in [2.05, 4.69) is 23.9 Å². The van der Waals surface area contributed by atoms with Crippen LogP contribution in [0.4, 0.5) is 5.69 Å². The molecule has 6 heteroatoms. The Bertz CT molecular complexity index is 1260. The lowest BCUT2D eigenvalue weighted by molar-refractivity contribution is -0.117. The molecule has 0 aliphatic carbocycles. The van der Waals surface area contributed by atoms with E-state index in [9.17, 15) is 13.2 Å². The number of rotatable bonds is 8. The molecular formula is C28H34N2O3S. The minimum absolute atomic E-state index is 0.206. The van der Waals surface area contributed by atoms with Crippen LogP contribution in [0.2, 0.25) is 0 Å². The van der Waals surface area contributed by atoms with E-state index < -0.39 is 16.1 Å². The molecule has 1 atom stereocenters. The number of anilines is 1. The Morgan fingerprint density at radius 1 is 0.853 bits per heavy atom. The van der Waals surface area contributed by atoms with Crippen molar-refractivity contribution in [3.63, 3.8) is 0 Å². The third kappa shape index (κ3) is 5.93. The quantitative estimate of drug-likeness (QED) is 0.444. The zero-order valence-corrected chi connectivity index (χ0v) is 21.6. The van der Waals surface area contributed by atoms with Crippen molar-refractivity contribution in [1.29, 1.82) is 0 Å². The number of sulfonamides is 1. The maximum atomic E-state index is 13.5. The molecule has 5 nitrogen and oxygen atoms in total. The maximum absolute atomic E-state index is 13.5. The molecule has 0 heterocycles. The van der Waals surface area contributed by atoms with Crippen molar-refractivity contribution in [1.82, 2.24) is 4.72 Å². The fourth-order valence-corrected chi connectivity index (χ4v) is 6.08. The molecule has 3 rings (SSSR count). The predicted octanol–water partition coefficient (Wildman–Crippen LogP) is 5.57. The van der Waals surface area contributed by atoms with E-state index in [1.54, 1.807) is 13.8 Å². The van der Waals surface area contributed by atoms with Crippen LogP contribution in [0.1, 0.15) is 53.1 Å². The first-order valence-electron chi connectivity index (χ1n) is 11.5. The van der Waals surface area contributed by atoms with Crippen LogP contribution in [0.25, 0.3) is 0 Å². The normalized spacial score (nSPS) is 12.6. The summed E-state index contributed by atoms with van der Waals surface area (Å²) in [5.74, 6) is -0.177. The Balaban J connectivity index is 1.99. The number of nitrogens with one attached hydrogen (secondary N) is 2. The first-order chi connectivity index (χ1) is 16.0. The second kappa shape index (κ2) is 10.5. The van der Waals surface area contributed by atoms with Crippen LogP contribution in [0.5, 0.6) is 0 Å². The second-order valence-electron chi connectivity index (χ2n) is 9.27. The fraction of sp³-hybridized carbons (Fsp3) is 0.321. The molecule has 0 bridgehead atoms. The van der Waals surface area contributed by atoms with Gasteiger partial charge in [-0.2, -0.15) is 4.72 Å². The standard InChI is InChI=1S/C28H34N2O3S/c1-18(2)24-14-10-11-20(4)26(24)29-28(31)25(17-23-12-8-7-9-13-23)30-34(32,33)27-21(5)15-19(3)16-22(27)6/h7-16,18,25,30H,17H2,1-6H3,(H,29,31). The summed E-state index contributed by atoms with van der Waals surface area (Å²) < 4.78 is 29.7. The van der Waals surface area contributed by atoms with Crippen molar-refractivity contribution in [3.05, 3.63) is 94.0 Å². The summed E-state index contributed by atoms with van der Waals surface area (Å²) in [5.41, 5.74) is 5.87. The Morgan fingerprint density at radius 3 is 2.06 bits per heavy atom. The van der Waals surface area contributed by atoms with E-state index in [4.69, 9.17) is 0 Å². The van der Waals surface area contributed by atoms with Gasteiger partial charge in [0.1, 0.15) is 6.04 Å². The molecule has 180 valence electrons. The van der Waals surface area contributed by atoms with Gasteiger partial charge in [0.05, 0.1) is 4.90 Å². The summed E-state index contributed by atoms with van der Waals surface area (Å²) >= 11 is 0. The first-order valence-corrected chi connectivity index (χ1v) is 13.0. The van der Waals surface area contributed by atoms with Gasteiger partial charge in [0, 0.05) is 5.69 Å². The summed E-state index contributed by atoms with van der Waals surface area (Å²) in [5, 5.41) is 3.03. The molecule has 2 N–H and O–H groups in total. The highest BCUT2D eigenvalue weighted by molar-refractivity contribution is 7.89. The summed E-state index contributed by atoms with van der Waals surface area (Å²) in [6.45, 7) is 11.6. The molecule has 34 heavy (non-hydrogen) atoms. The van der Waals surface area contributed by atoms with Gasteiger partial charge in [0.25, 0.3) is 0 Å². The summed E-state index contributed by atoms with van der Waals surface area (Å²) in [6.07, 6.45) is 0.235.